The predicted octanol–water partition coefficient (Wildman–Crippen LogP) is 0.879. The van der Waals surface area contributed by atoms with Gasteiger partial charge in [-0.15, -0.1) is 0 Å². The lowest BCUT2D eigenvalue weighted by molar-refractivity contribution is -0.137. The maximum absolute atomic E-state index is 12.2. The summed E-state index contributed by atoms with van der Waals surface area (Å²) in [6, 6.07) is -0.409. The van der Waals surface area contributed by atoms with Gasteiger partial charge in [0.2, 0.25) is 11.8 Å². The van der Waals surface area contributed by atoms with Crippen molar-refractivity contribution in [3.05, 3.63) is 0 Å². The summed E-state index contributed by atoms with van der Waals surface area (Å²) in [7, 11) is 0. The summed E-state index contributed by atoms with van der Waals surface area (Å²) < 4.78 is 0. The van der Waals surface area contributed by atoms with Gasteiger partial charge in [0.15, 0.2) is 0 Å². The molecule has 0 aromatic rings. The molecule has 20 heavy (non-hydrogen) atoms. The van der Waals surface area contributed by atoms with E-state index in [-0.39, 0.29) is 17.7 Å². The molecule has 0 bridgehead atoms. The monoisotopic (exact) mass is 281 g/mol. The van der Waals surface area contributed by atoms with Crippen LogP contribution < -0.4 is 11.1 Å². The number of nitrogens with two attached hydrogens (primary N) is 1. The minimum Gasteiger partial charge on any atom is -0.356 e. The highest BCUT2D eigenvalue weighted by atomic mass is 16.2. The zero-order chi connectivity index (χ0) is 14.5. The summed E-state index contributed by atoms with van der Waals surface area (Å²) in [5, 5.41) is 3.02. The fourth-order valence-corrected chi connectivity index (χ4v) is 2.77. The summed E-state index contributed by atoms with van der Waals surface area (Å²) in [5.74, 6) is 0.753. The Morgan fingerprint density at radius 3 is 2.75 bits per heavy atom. The van der Waals surface area contributed by atoms with Gasteiger partial charge in [-0.2, -0.15) is 0 Å². The van der Waals surface area contributed by atoms with Gasteiger partial charge in [-0.3, -0.25) is 9.59 Å². The van der Waals surface area contributed by atoms with E-state index >= 15 is 0 Å². The van der Waals surface area contributed by atoms with Gasteiger partial charge in [-0.05, 0) is 38.0 Å². The van der Waals surface area contributed by atoms with Crippen LogP contribution in [0.15, 0.2) is 0 Å². The number of carbonyl (C=O) groups is 2. The van der Waals surface area contributed by atoms with Crippen molar-refractivity contribution < 1.29 is 9.59 Å². The molecule has 2 aliphatic rings. The van der Waals surface area contributed by atoms with Crippen molar-refractivity contribution in [2.75, 3.05) is 19.6 Å². The zero-order valence-electron chi connectivity index (χ0n) is 12.4. The average molecular weight is 281 g/mol. The highest BCUT2D eigenvalue weighted by Gasteiger charge is 2.31. The lowest BCUT2D eigenvalue weighted by Crippen LogP contribution is -2.50. The minimum absolute atomic E-state index is 0.00606. The number of likely N-dealkylation sites (tertiary alicyclic amines) is 1. The summed E-state index contributed by atoms with van der Waals surface area (Å²) >= 11 is 0. The molecule has 0 spiro atoms. The molecule has 2 rings (SSSR count). The second kappa shape index (κ2) is 7.07. The third-order valence-electron chi connectivity index (χ3n) is 4.28. The van der Waals surface area contributed by atoms with Crippen LogP contribution in [0, 0.1) is 11.8 Å². The Kier molecular flexibility index (Phi) is 5.40. The molecule has 0 radical (unpaired) electrons. The van der Waals surface area contributed by atoms with Gasteiger partial charge in [0.05, 0.1) is 12.0 Å². The minimum atomic E-state index is -0.409. The Labute approximate surface area is 121 Å². The lowest BCUT2D eigenvalue weighted by atomic mass is 9.96. The summed E-state index contributed by atoms with van der Waals surface area (Å²) in [4.78, 5) is 26.1. The van der Waals surface area contributed by atoms with Crippen molar-refractivity contribution in [1.82, 2.24) is 10.2 Å². The standard InChI is InChI=1S/C15H27N3O2/c1-2-4-13(16)15(20)18-8-3-5-12(10-18)14(19)17-9-11-6-7-11/h11-13H,2-10,16H2,1H3,(H,17,19). The van der Waals surface area contributed by atoms with Gasteiger partial charge in [-0.1, -0.05) is 13.3 Å². The molecule has 1 aliphatic heterocycles. The molecule has 3 N–H and O–H groups in total. The van der Waals surface area contributed by atoms with Crippen LogP contribution in [0.3, 0.4) is 0 Å². The molecule has 5 heteroatoms. The molecule has 0 aromatic heterocycles. The van der Waals surface area contributed by atoms with Gasteiger partial charge < -0.3 is 16.0 Å². The summed E-state index contributed by atoms with van der Waals surface area (Å²) in [5.41, 5.74) is 5.90. The SMILES string of the molecule is CCCC(N)C(=O)N1CCCC(C(=O)NCC2CC2)C1. The van der Waals surface area contributed by atoms with Gasteiger partial charge in [-0.25, -0.2) is 0 Å². The van der Waals surface area contributed by atoms with E-state index in [1.807, 2.05) is 6.92 Å². The number of piperidine rings is 1. The van der Waals surface area contributed by atoms with E-state index in [4.69, 9.17) is 5.73 Å². The average Bonchev–Trinajstić information content (AvgIpc) is 3.28. The Balaban J connectivity index is 1.80. The lowest BCUT2D eigenvalue weighted by Gasteiger charge is -2.33. The first kappa shape index (κ1) is 15.3. The van der Waals surface area contributed by atoms with Crippen LogP contribution in [0.25, 0.3) is 0 Å². The third-order valence-corrected chi connectivity index (χ3v) is 4.28. The molecular formula is C15H27N3O2. The number of nitrogens with zero attached hydrogens (tertiary/aromatic N) is 1. The third kappa shape index (κ3) is 4.20. The van der Waals surface area contributed by atoms with Crippen LogP contribution in [0.4, 0.5) is 0 Å². The van der Waals surface area contributed by atoms with Crippen molar-refractivity contribution in [3.63, 3.8) is 0 Å². The van der Waals surface area contributed by atoms with Crippen molar-refractivity contribution in [3.8, 4) is 0 Å². The number of hydrogen-bond acceptors (Lipinski definition) is 3. The quantitative estimate of drug-likeness (QED) is 0.759. The fraction of sp³-hybridized carbons (Fsp3) is 0.867. The molecule has 1 saturated heterocycles. The van der Waals surface area contributed by atoms with Crippen molar-refractivity contribution in [2.45, 2.75) is 51.5 Å². The maximum Gasteiger partial charge on any atom is 0.239 e. The molecule has 2 amide bonds. The highest BCUT2D eigenvalue weighted by Crippen LogP contribution is 2.28. The Morgan fingerprint density at radius 1 is 1.35 bits per heavy atom. The van der Waals surface area contributed by atoms with Crippen LogP contribution in [-0.2, 0) is 9.59 Å². The summed E-state index contributed by atoms with van der Waals surface area (Å²) in [6.07, 6.45) is 5.87. The molecule has 2 atom stereocenters. The van der Waals surface area contributed by atoms with Crippen LogP contribution >= 0.6 is 0 Å². The van der Waals surface area contributed by atoms with E-state index in [0.717, 1.165) is 32.4 Å². The van der Waals surface area contributed by atoms with Gasteiger partial charge in [0.25, 0.3) is 0 Å². The van der Waals surface area contributed by atoms with Crippen molar-refractivity contribution >= 4 is 11.8 Å². The first-order valence-electron chi connectivity index (χ1n) is 7.94. The smallest absolute Gasteiger partial charge is 0.239 e. The molecule has 0 aromatic carbocycles. The number of amides is 2. The number of rotatable bonds is 6. The predicted molar refractivity (Wildman–Crippen MR) is 77.9 cm³/mol. The van der Waals surface area contributed by atoms with E-state index in [1.165, 1.54) is 12.8 Å². The topological polar surface area (TPSA) is 75.4 Å². The van der Waals surface area contributed by atoms with E-state index < -0.39 is 6.04 Å². The Hall–Kier alpha value is -1.10. The van der Waals surface area contributed by atoms with Gasteiger partial charge >= 0.3 is 0 Å². The highest BCUT2D eigenvalue weighted by molar-refractivity contribution is 5.84. The van der Waals surface area contributed by atoms with E-state index in [1.54, 1.807) is 4.90 Å². The van der Waals surface area contributed by atoms with Crippen LogP contribution in [0.1, 0.15) is 45.4 Å². The molecule has 1 saturated carbocycles. The normalized spacial score (nSPS) is 24.3. The Morgan fingerprint density at radius 2 is 2.10 bits per heavy atom. The van der Waals surface area contributed by atoms with Crippen molar-refractivity contribution in [1.29, 1.82) is 0 Å². The van der Waals surface area contributed by atoms with E-state index in [9.17, 15) is 9.59 Å². The first-order chi connectivity index (χ1) is 9.61. The van der Waals surface area contributed by atoms with Gasteiger partial charge in [0, 0.05) is 19.6 Å². The zero-order valence-corrected chi connectivity index (χ0v) is 12.4. The molecule has 1 aliphatic carbocycles. The largest absolute Gasteiger partial charge is 0.356 e. The fourth-order valence-electron chi connectivity index (χ4n) is 2.77. The maximum atomic E-state index is 12.2. The summed E-state index contributed by atoms with van der Waals surface area (Å²) in [6.45, 7) is 4.10. The second-order valence-corrected chi connectivity index (χ2v) is 6.21. The number of hydrogen-bond donors (Lipinski definition) is 2. The molecular weight excluding hydrogens is 254 g/mol. The molecule has 2 unspecified atom stereocenters. The number of nitrogens with one attached hydrogen (secondary N) is 1. The van der Waals surface area contributed by atoms with Crippen LogP contribution in [0.5, 0.6) is 0 Å². The van der Waals surface area contributed by atoms with E-state index in [0.29, 0.717) is 18.9 Å². The molecule has 2 fully saturated rings. The van der Waals surface area contributed by atoms with Gasteiger partial charge in [0.1, 0.15) is 0 Å². The van der Waals surface area contributed by atoms with Crippen LogP contribution in [-0.4, -0.2) is 42.4 Å². The Bertz CT molecular complexity index is 355. The second-order valence-electron chi connectivity index (χ2n) is 6.21. The molecule has 5 nitrogen and oxygen atoms in total. The van der Waals surface area contributed by atoms with E-state index in [2.05, 4.69) is 5.32 Å². The molecule has 114 valence electrons. The first-order valence-corrected chi connectivity index (χ1v) is 7.94. The number of carbonyl (C=O) groups excluding carboxylic acids is 2. The molecule has 1 heterocycles. The van der Waals surface area contributed by atoms with Crippen molar-refractivity contribution in [2.24, 2.45) is 17.6 Å². The van der Waals surface area contributed by atoms with Crippen LogP contribution in [0.2, 0.25) is 0 Å².